The van der Waals surface area contributed by atoms with Gasteiger partial charge < -0.3 is 15.3 Å². The molecule has 2 amide bonds. The fourth-order valence-corrected chi connectivity index (χ4v) is 3.84. The Bertz CT molecular complexity index is 545. The second-order valence-corrected chi connectivity index (χ2v) is 7.13. The third kappa shape index (κ3) is 3.10. The van der Waals surface area contributed by atoms with Crippen LogP contribution in [0.4, 0.5) is 0 Å². The number of likely N-dealkylation sites (tertiary alicyclic amines) is 2. The van der Waals surface area contributed by atoms with Gasteiger partial charge in [-0.2, -0.15) is 0 Å². The Balaban J connectivity index is 2.16. The third-order valence-electron chi connectivity index (χ3n) is 4.80. The number of nitrogens with zero attached hydrogens (tertiary/aromatic N) is 2. The number of hydrogen-bond acceptors (Lipinski definition) is 4. The normalized spacial score (nSPS) is 27.6. The average Bonchev–Trinajstić information content (AvgIpc) is 2.91. The summed E-state index contributed by atoms with van der Waals surface area (Å²) >= 11 is 0. The molecule has 0 bridgehead atoms. The first-order valence-electron chi connectivity index (χ1n) is 7.77. The maximum atomic E-state index is 12.7. The standard InChI is InChI=1S/C16H25N3O4/c1-5-6-18-7-12-8-19(10-16(12,9-18)14(22)23)13(21)15(3,4)17-11(2)20/h5,12H,1,6-10H2,2-4H3,(H,17,20)(H,22,23)/t12-,16-/m1/s1. The van der Waals surface area contributed by atoms with Crippen LogP contribution in [0.25, 0.3) is 0 Å². The number of hydrogen-bond donors (Lipinski definition) is 2. The van der Waals surface area contributed by atoms with Gasteiger partial charge in [-0.1, -0.05) is 6.08 Å². The quantitative estimate of drug-likeness (QED) is 0.692. The summed E-state index contributed by atoms with van der Waals surface area (Å²) in [5.41, 5.74) is -1.96. The van der Waals surface area contributed by atoms with Crippen molar-refractivity contribution in [1.29, 1.82) is 0 Å². The van der Waals surface area contributed by atoms with Crippen molar-refractivity contribution < 1.29 is 19.5 Å². The van der Waals surface area contributed by atoms with Crippen LogP contribution in [0.3, 0.4) is 0 Å². The van der Waals surface area contributed by atoms with Crippen molar-refractivity contribution in [1.82, 2.24) is 15.1 Å². The van der Waals surface area contributed by atoms with Gasteiger partial charge in [-0.25, -0.2) is 0 Å². The van der Waals surface area contributed by atoms with Gasteiger partial charge in [0.05, 0.1) is 0 Å². The van der Waals surface area contributed by atoms with Gasteiger partial charge in [0, 0.05) is 45.6 Å². The van der Waals surface area contributed by atoms with E-state index in [1.807, 2.05) is 0 Å². The molecule has 2 N–H and O–H groups in total. The second kappa shape index (κ2) is 5.96. The summed E-state index contributed by atoms with van der Waals surface area (Å²) in [5.74, 6) is -1.48. The van der Waals surface area contributed by atoms with Crippen LogP contribution >= 0.6 is 0 Å². The zero-order valence-corrected chi connectivity index (χ0v) is 14.0. The second-order valence-electron chi connectivity index (χ2n) is 7.13. The lowest BCUT2D eigenvalue weighted by atomic mass is 9.81. The molecule has 2 aliphatic heterocycles. The van der Waals surface area contributed by atoms with Crippen molar-refractivity contribution in [3.63, 3.8) is 0 Å². The zero-order chi connectivity index (χ0) is 17.4. The van der Waals surface area contributed by atoms with Crippen LogP contribution < -0.4 is 5.32 Å². The van der Waals surface area contributed by atoms with Gasteiger partial charge in [-0.3, -0.25) is 19.3 Å². The Kier molecular flexibility index (Phi) is 4.52. The summed E-state index contributed by atoms with van der Waals surface area (Å²) in [6, 6.07) is 0. The molecule has 2 heterocycles. The van der Waals surface area contributed by atoms with E-state index in [0.29, 0.717) is 26.2 Å². The smallest absolute Gasteiger partial charge is 0.313 e. The SMILES string of the molecule is C=CCN1C[C@@H]2CN(C(=O)C(C)(C)NC(C)=O)C[C@]2(C(=O)O)C1. The molecule has 7 heteroatoms. The third-order valence-corrected chi connectivity index (χ3v) is 4.80. The molecule has 0 aromatic heterocycles. The number of amides is 2. The highest BCUT2D eigenvalue weighted by molar-refractivity contribution is 5.91. The Morgan fingerprint density at radius 1 is 1.35 bits per heavy atom. The molecule has 0 aromatic carbocycles. The van der Waals surface area contributed by atoms with E-state index in [0.717, 1.165) is 0 Å². The number of carbonyl (C=O) groups is 3. The van der Waals surface area contributed by atoms with Gasteiger partial charge >= 0.3 is 5.97 Å². The first-order valence-corrected chi connectivity index (χ1v) is 7.77. The molecule has 2 atom stereocenters. The minimum atomic E-state index is -1.04. The van der Waals surface area contributed by atoms with Gasteiger partial charge in [0.15, 0.2) is 0 Å². The Morgan fingerprint density at radius 2 is 2.00 bits per heavy atom. The van der Waals surface area contributed by atoms with Crippen molar-refractivity contribution in [3.8, 4) is 0 Å². The summed E-state index contributed by atoms with van der Waals surface area (Å²) < 4.78 is 0. The lowest BCUT2D eigenvalue weighted by molar-refractivity contribution is -0.149. The molecule has 23 heavy (non-hydrogen) atoms. The molecule has 0 aliphatic carbocycles. The molecule has 0 spiro atoms. The summed E-state index contributed by atoms with van der Waals surface area (Å²) in [7, 11) is 0. The van der Waals surface area contributed by atoms with E-state index < -0.39 is 16.9 Å². The fraction of sp³-hybridized carbons (Fsp3) is 0.688. The molecule has 128 valence electrons. The molecule has 2 fully saturated rings. The highest BCUT2D eigenvalue weighted by Gasteiger charge is 2.59. The summed E-state index contributed by atoms with van der Waals surface area (Å²) in [6.07, 6.45) is 1.76. The van der Waals surface area contributed by atoms with Gasteiger partial charge in [-0.05, 0) is 13.8 Å². The van der Waals surface area contributed by atoms with Crippen LogP contribution in [0.5, 0.6) is 0 Å². The van der Waals surface area contributed by atoms with Gasteiger partial charge in [0.1, 0.15) is 11.0 Å². The fourth-order valence-electron chi connectivity index (χ4n) is 3.84. The van der Waals surface area contributed by atoms with Crippen LogP contribution in [0.15, 0.2) is 12.7 Å². The Hall–Kier alpha value is -1.89. The molecular weight excluding hydrogens is 298 g/mol. The minimum Gasteiger partial charge on any atom is -0.481 e. The number of carboxylic acids is 1. The summed E-state index contributed by atoms with van der Waals surface area (Å²) in [5, 5.41) is 12.4. The first-order chi connectivity index (χ1) is 10.6. The lowest BCUT2D eigenvalue weighted by Crippen LogP contribution is -2.56. The number of nitrogens with one attached hydrogen (secondary N) is 1. The van der Waals surface area contributed by atoms with E-state index in [1.54, 1.807) is 24.8 Å². The Labute approximate surface area is 136 Å². The van der Waals surface area contributed by atoms with Gasteiger partial charge in [0.2, 0.25) is 11.8 Å². The first kappa shape index (κ1) is 17.5. The number of rotatable bonds is 5. The summed E-state index contributed by atoms with van der Waals surface area (Å²) in [6.45, 7) is 10.6. The molecular formula is C16H25N3O4. The van der Waals surface area contributed by atoms with Crippen molar-refractivity contribution in [2.45, 2.75) is 26.3 Å². The number of fused-ring (bicyclic) bond motifs is 1. The van der Waals surface area contributed by atoms with Crippen molar-refractivity contribution in [2.75, 3.05) is 32.7 Å². The number of aliphatic carboxylic acids is 1. The van der Waals surface area contributed by atoms with Gasteiger partial charge in [0.25, 0.3) is 0 Å². The van der Waals surface area contributed by atoms with Crippen molar-refractivity contribution in [2.24, 2.45) is 11.3 Å². The monoisotopic (exact) mass is 323 g/mol. The van der Waals surface area contributed by atoms with E-state index in [9.17, 15) is 19.5 Å². The van der Waals surface area contributed by atoms with E-state index in [4.69, 9.17) is 0 Å². The molecule has 0 radical (unpaired) electrons. The topological polar surface area (TPSA) is 90.0 Å². The van der Waals surface area contributed by atoms with E-state index in [2.05, 4.69) is 16.8 Å². The zero-order valence-electron chi connectivity index (χ0n) is 14.0. The highest BCUT2D eigenvalue weighted by atomic mass is 16.4. The molecule has 0 saturated carbocycles. The van der Waals surface area contributed by atoms with E-state index in [-0.39, 0.29) is 24.3 Å². The van der Waals surface area contributed by atoms with Crippen molar-refractivity contribution in [3.05, 3.63) is 12.7 Å². The molecule has 2 rings (SSSR count). The largest absolute Gasteiger partial charge is 0.481 e. The maximum Gasteiger partial charge on any atom is 0.313 e. The predicted octanol–water partition coefficient (Wildman–Crippen LogP) is -0.0679. The molecule has 0 unspecified atom stereocenters. The van der Waals surface area contributed by atoms with Crippen LogP contribution in [0, 0.1) is 11.3 Å². The molecule has 7 nitrogen and oxygen atoms in total. The average molecular weight is 323 g/mol. The van der Waals surface area contributed by atoms with Crippen LogP contribution in [-0.2, 0) is 14.4 Å². The Morgan fingerprint density at radius 3 is 2.48 bits per heavy atom. The van der Waals surface area contributed by atoms with Crippen LogP contribution in [-0.4, -0.2) is 71.0 Å². The summed E-state index contributed by atoms with van der Waals surface area (Å²) in [4.78, 5) is 39.5. The van der Waals surface area contributed by atoms with Crippen LogP contribution in [0.1, 0.15) is 20.8 Å². The number of carbonyl (C=O) groups excluding carboxylic acids is 2. The highest BCUT2D eigenvalue weighted by Crippen LogP contribution is 2.43. The van der Waals surface area contributed by atoms with E-state index >= 15 is 0 Å². The van der Waals surface area contributed by atoms with Crippen molar-refractivity contribution >= 4 is 17.8 Å². The lowest BCUT2D eigenvalue weighted by Gasteiger charge is -2.31. The van der Waals surface area contributed by atoms with E-state index in [1.165, 1.54) is 6.92 Å². The molecule has 2 aliphatic rings. The van der Waals surface area contributed by atoms with Gasteiger partial charge in [-0.15, -0.1) is 6.58 Å². The minimum absolute atomic E-state index is 0.1000. The number of carboxylic acid groups (broad SMARTS) is 1. The predicted molar refractivity (Wildman–Crippen MR) is 84.7 cm³/mol. The maximum absolute atomic E-state index is 12.7. The van der Waals surface area contributed by atoms with Crippen LogP contribution in [0.2, 0.25) is 0 Å². The molecule has 2 saturated heterocycles. The molecule has 0 aromatic rings.